The van der Waals surface area contributed by atoms with Gasteiger partial charge in [0.2, 0.25) is 0 Å². The third-order valence-electron chi connectivity index (χ3n) is 5.44. The highest BCUT2D eigenvalue weighted by molar-refractivity contribution is 5.71. The fraction of sp³-hybridized carbons (Fsp3) is 0.385. The summed E-state index contributed by atoms with van der Waals surface area (Å²) in [6.07, 6.45) is 2.13. The summed E-state index contributed by atoms with van der Waals surface area (Å²) in [7, 11) is 2.06. The fourth-order valence-electron chi connectivity index (χ4n) is 3.73. The molecule has 0 saturated carbocycles. The largest absolute Gasteiger partial charge is 0.330 e. The summed E-state index contributed by atoms with van der Waals surface area (Å²) >= 11 is 0. The van der Waals surface area contributed by atoms with E-state index < -0.39 is 0 Å². The van der Waals surface area contributed by atoms with E-state index in [2.05, 4.69) is 102 Å². The lowest BCUT2D eigenvalue weighted by molar-refractivity contribution is -0.663. The number of hydrogen-bond acceptors (Lipinski definition) is 1. The first kappa shape index (κ1) is 20.3. The molecule has 28 heavy (non-hydrogen) atoms. The van der Waals surface area contributed by atoms with Crippen molar-refractivity contribution in [3.05, 3.63) is 71.4 Å². The number of hydrogen-bond donors (Lipinski definition) is 0. The van der Waals surface area contributed by atoms with Crippen LogP contribution in [0, 0.1) is 0 Å². The minimum atomic E-state index is 0.446. The monoisotopic (exact) mass is 373 g/mol. The number of aryl methyl sites for hydroxylation is 1. The van der Waals surface area contributed by atoms with Gasteiger partial charge in [-0.15, -0.1) is 0 Å². The Hall–Kier alpha value is -2.48. The Bertz CT molecular complexity index is 924. The second-order valence-electron chi connectivity index (χ2n) is 8.65. The van der Waals surface area contributed by atoms with E-state index in [-0.39, 0.29) is 0 Å². The van der Waals surface area contributed by atoms with E-state index in [1.54, 1.807) is 0 Å². The maximum Gasteiger partial charge on any atom is 0.330 e. The Morgan fingerprint density at radius 1 is 0.750 bits per heavy atom. The molecule has 0 N–H and O–H groups in total. The topological polar surface area (TPSA) is 16.8 Å². The van der Waals surface area contributed by atoms with Gasteiger partial charge in [0.05, 0.1) is 18.8 Å². The van der Waals surface area contributed by atoms with Crippen LogP contribution < -0.4 is 4.57 Å². The van der Waals surface area contributed by atoms with E-state index >= 15 is 0 Å². The van der Waals surface area contributed by atoms with Gasteiger partial charge in [-0.05, 0) is 51.6 Å². The van der Waals surface area contributed by atoms with Gasteiger partial charge in [-0.1, -0.05) is 71.9 Å². The summed E-state index contributed by atoms with van der Waals surface area (Å²) in [5, 5.41) is 0. The lowest BCUT2D eigenvalue weighted by Gasteiger charge is -2.21. The molecule has 2 heteroatoms. The first-order valence-corrected chi connectivity index (χ1v) is 10.4. The van der Waals surface area contributed by atoms with E-state index in [1.807, 2.05) is 6.07 Å². The number of nitrogens with zero attached hydrogens (tertiary/aromatic N) is 2. The minimum absolute atomic E-state index is 0.446. The van der Waals surface area contributed by atoms with E-state index in [0.717, 1.165) is 17.1 Å². The van der Waals surface area contributed by atoms with Gasteiger partial charge in [0.1, 0.15) is 0 Å². The average molecular weight is 374 g/mol. The molecule has 2 nitrogen and oxygen atoms in total. The molecule has 0 fully saturated rings. The molecule has 0 unspecified atom stereocenters. The molecule has 0 aliphatic heterocycles. The maximum atomic E-state index is 5.14. The molecule has 0 amide bonds. The zero-order valence-corrected chi connectivity index (χ0v) is 18.3. The summed E-state index contributed by atoms with van der Waals surface area (Å²) in [5.41, 5.74) is 7.74. The molecule has 3 rings (SSSR count). The van der Waals surface area contributed by atoms with Gasteiger partial charge < -0.3 is 0 Å². The van der Waals surface area contributed by atoms with Crippen molar-refractivity contribution in [2.45, 2.75) is 59.3 Å². The van der Waals surface area contributed by atoms with E-state index in [4.69, 9.17) is 4.98 Å². The van der Waals surface area contributed by atoms with Crippen molar-refractivity contribution >= 4 is 0 Å². The SMILES string of the molecule is CC(C)c1cc(C(C)C)c(-c2cc[n+](C)c(-c3ccccc3)n2)c(C(C)C)c1. The van der Waals surface area contributed by atoms with E-state index in [1.165, 1.54) is 22.3 Å². The molecule has 0 radical (unpaired) electrons. The molecule has 0 spiro atoms. The average Bonchev–Trinajstić information content (AvgIpc) is 2.67. The van der Waals surface area contributed by atoms with E-state index in [0.29, 0.717) is 17.8 Å². The summed E-state index contributed by atoms with van der Waals surface area (Å²) in [4.78, 5) is 5.14. The van der Waals surface area contributed by atoms with Crippen LogP contribution in [0.4, 0.5) is 0 Å². The molecule has 0 atom stereocenters. The molecule has 0 aliphatic carbocycles. The lowest BCUT2D eigenvalue weighted by Crippen LogP contribution is -2.31. The molecule has 1 aromatic heterocycles. The summed E-state index contributed by atoms with van der Waals surface area (Å²) in [5.74, 6) is 2.41. The zero-order chi connectivity index (χ0) is 20.4. The molecule has 3 aromatic rings. The molecule has 0 bridgehead atoms. The second kappa shape index (κ2) is 8.26. The maximum absolute atomic E-state index is 5.14. The van der Waals surface area contributed by atoms with Crippen LogP contribution in [0.3, 0.4) is 0 Å². The third-order valence-corrected chi connectivity index (χ3v) is 5.44. The van der Waals surface area contributed by atoms with Crippen molar-refractivity contribution in [3.8, 4) is 22.6 Å². The van der Waals surface area contributed by atoms with E-state index in [9.17, 15) is 0 Å². The van der Waals surface area contributed by atoms with Crippen molar-refractivity contribution < 1.29 is 4.57 Å². The Morgan fingerprint density at radius 2 is 1.32 bits per heavy atom. The minimum Gasteiger partial charge on any atom is -0.233 e. The quantitative estimate of drug-likeness (QED) is 0.460. The Kier molecular flexibility index (Phi) is 5.98. The van der Waals surface area contributed by atoms with Gasteiger partial charge in [0.15, 0.2) is 5.69 Å². The van der Waals surface area contributed by atoms with Crippen LogP contribution >= 0.6 is 0 Å². The Labute approximate surface area is 170 Å². The number of rotatable bonds is 5. The highest BCUT2D eigenvalue weighted by atomic mass is 15.0. The van der Waals surface area contributed by atoms with Gasteiger partial charge in [-0.25, -0.2) is 4.57 Å². The first-order valence-electron chi connectivity index (χ1n) is 10.4. The van der Waals surface area contributed by atoms with Crippen LogP contribution in [0.15, 0.2) is 54.7 Å². The van der Waals surface area contributed by atoms with Crippen molar-refractivity contribution in [1.82, 2.24) is 4.98 Å². The Morgan fingerprint density at radius 3 is 1.82 bits per heavy atom. The number of benzene rings is 2. The van der Waals surface area contributed by atoms with Crippen LogP contribution in [0.25, 0.3) is 22.6 Å². The molecule has 1 heterocycles. The van der Waals surface area contributed by atoms with Crippen molar-refractivity contribution in [2.75, 3.05) is 0 Å². The normalized spacial score (nSPS) is 11.6. The van der Waals surface area contributed by atoms with Gasteiger partial charge in [-0.2, -0.15) is 0 Å². The summed E-state index contributed by atoms with van der Waals surface area (Å²) in [6.45, 7) is 13.7. The van der Waals surface area contributed by atoms with Gasteiger partial charge in [0, 0.05) is 11.6 Å². The molecule has 0 saturated heterocycles. The van der Waals surface area contributed by atoms with Crippen molar-refractivity contribution in [2.24, 2.45) is 7.05 Å². The van der Waals surface area contributed by atoms with Gasteiger partial charge in [-0.3, -0.25) is 0 Å². The van der Waals surface area contributed by atoms with Crippen LogP contribution in [0.5, 0.6) is 0 Å². The van der Waals surface area contributed by atoms with Crippen LogP contribution in [-0.4, -0.2) is 4.98 Å². The highest BCUT2D eigenvalue weighted by Gasteiger charge is 2.24. The summed E-state index contributed by atoms with van der Waals surface area (Å²) < 4.78 is 2.10. The molecule has 146 valence electrons. The lowest BCUT2D eigenvalue weighted by atomic mass is 9.83. The highest BCUT2D eigenvalue weighted by Crippen LogP contribution is 2.38. The van der Waals surface area contributed by atoms with Crippen LogP contribution in [0.2, 0.25) is 0 Å². The second-order valence-corrected chi connectivity index (χ2v) is 8.65. The van der Waals surface area contributed by atoms with Gasteiger partial charge in [0.25, 0.3) is 0 Å². The third kappa shape index (κ3) is 4.01. The smallest absolute Gasteiger partial charge is 0.233 e. The van der Waals surface area contributed by atoms with Crippen molar-refractivity contribution in [3.63, 3.8) is 0 Å². The van der Waals surface area contributed by atoms with Gasteiger partial charge >= 0.3 is 5.82 Å². The number of aromatic nitrogens is 2. The Balaban J connectivity index is 2.29. The van der Waals surface area contributed by atoms with Crippen LogP contribution in [0.1, 0.15) is 76.0 Å². The standard InChI is InChI=1S/C26H33N2/c1-17(2)21-15-22(18(3)4)25(23(16-21)19(5)6)24-13-14-28(7)26(27-24)20-11-9-8-10-12-20/h8-19H,1-7H3/q+1. The summed E-state index contributed by atoms with van der Waals surface area (Å²) in [6, 6.07) is 17.4. The van der Waals surface area contributed by atoms with Crippen LogP contribution in [-0.2, 0) is 7.05 Å². The van der Waals surface area contributed by atoms with Crippen molar-refractivity contribution in [1.29, 1.82) is 0 Å². The predicted octanol–water partition coefficient (Wildman–Crippen LogP) is 6.61. The fourth-order valence-corrected chi connectivity index (χ4v) is 3.73. The predicted molar refractivity (Wildman–Crippen MR) is 119 cm³/mol. The molecule has 2 aromatic carbocycles. The first-order chi connectivity index (χ1) is 13.3. The zero-order valence-electron chi connectivity index (χ0n) is 18.3. The molecule has 0 aliphatic rings. The molecular formula is C26H33N2+. The molecular weight excluding hydrogens is 340 g/mol.